The molecule has 0 atom stereocenters. The van der Waals surface area contributed by atoms with Crippen LogP contribution < -0.4 is 29.6 Å². The number of hydrogen-bond donors (Lipinski definition) is 2. The lowest BCUT2D eigenvalue weighted by Gasteiger charge is -2.14. The van der Waals surface area contributed by atoms with Gasteiger partial charge in [0.15, 0.2) is 11.5 Å². The Hall–Kier alpha value is -3.43. The zero-order chi connectivity index (χ0) is 20.7. The van der Waals surface area contributed by atoms with Crippen molar-refractivity contribution in [2.45, 2.75) is 6.54 Å². The van der Waals surface area contributed by atoms with E-state index in [1.165, 1.54) is 39.3 Å². The summed E-state index contributed by atoms with van der Waals surface area (Å²) in [5, 5.41) is 9.25. The summed E-state index contributed by atoms with van der Waals surface area (Å²) in [6.07, 6.45) is 1.52. The number of hydrogen-bond acceptors (Lipinski definition) is 7. The standard InChI is InChI=1S/C18H24N4O6/c1-22-10-12(18(21-22)28-5)17(24)20-9-15(23)19-8-11-6-13(25-2)16(27-4)14(7-11)26-3/h6-7,10H,8-9H2,1-5H3,(H,19,23)(H,20,24). The number of methoxy groups -OCH3 is 4. The molecule has 10 heteroatoms. The van der Waals surface area contributed by atoms with E-state index in [0.717, 1.165) is 5.56 Å². The van der Waals surface area contributed by atoms with Crippen LogP contribution in [0.3, 0.4) is 0 Å². The molecular formula is C18H24N4O6. The molecule has 0 aliphatic heterocycles. The average Bonchev–Trinajstić information content (AvgIpc) is 3.10. The van der Waals surface area contributed by atoms with Crippen molar-refractivity contribution in [3.63, 3.8) is 0 Å². The molecule has 0 bridgehead atoms. The third-order valence-corrected chi connectivity index (χ3v) is 3.86. The van der Waals surface area contributed by atoms with Gasteiger partial charge in [-0.15, -0.1) is 5.10 Å². The molecule has 0 radical (unpaired) electrons. The number of aromatic nitrogens is 2. The summed E-state index contributed by atoms with van der Waals surface area (Å²) in [5.74, 6) is 0.833. The van der Waals surface area contributed by atoms with Gasteiger partial charge in [0.05, 0.1) is 35.0 Å². The van der Waals surface area contributed by atoms with Crippen molar-refractivity contribution in [1.82, 2.24) is 20.4 Å². The fourth-order valence-corrected chi connectivity index (χ4v) is 2.53. The van der Waals surface area contributed by atoms with Crippen LogP contribution in [0.5, 0.6) is 23.1 Å². The molecule has 0 saturated heterocycles. The summed E-state index contributed by atoms with van der Waals surface area (Å²) in [6.45, 7) is 0.0307. The van der Waals surface area contributed by atoms with Crippen LogP contribution >= 0.6 is 0 Å². The molecule has 0 unspecified atom stereocenters. The molecule has 0 saturated carbocycles. The van der Waals surface area contributed by atoms with E-state index in [4.69, 9.17) is 18.9 Å². The van der Waals surface area contributed by atoms with Gasteiger partial charge in [0.1, 0.15) is 5.56 Å². The Morgan fingerprint density at radius 3 is 2.18 bits per heavy atom. The second-order valence-electron chi connectivity index (χ2n) is 5.72. The molecule has 10 nitrogen and oxygen atoms in total. The molecule has 2 amide bonds. The average molecular weight is 392 g/mol. The summed E-state index contributed by atoms with van der Waals surface area (Å²) < 4.78 is 22.3. The van der Waals surface area contributed by atoms with Crippen molar-refractivity contribution in [2.75, 3.05) is 35.0 Å². The highest BCUT2D eigenvalue weighted by Crippen LogP contribution is 2.38. The summed E-state index contributed by atoms with van der Waals surface area (Å²) in [5.41, 5.74) is 1.01. The fourth-order valence-electron chi connectivity index (χ4n) is 2.53. The first-order valence-corrected chi connectivity index (χ1v) is 8.34. The molecular weight excluding hydrogens is 368 g/mol. The Kier molecular flexibility index (Phi) is 7.08. The lowest BCUT2D eigenvalue weighted by atomic mass is 10.1. The molecule has 1 aromatic carbocycles. The summed E-state index contributed by atoms with van der Waals surface area (Å²) in [7, 11) is 7.64. The number of carbonyl (C=O) groups is 2. The van der Waals surface area contributed by atoms with Crippen LogP contribution in [0.4, 0.5) is 0 Å². The van der Waals surface area contributed by atoms with Crippen molar-refractivity contribution >= 4 is 11.8 Å². The molecule has 2 rings (SSSR count). The van der Waals surface area contributed by atoms with Crippen molar-refractivity contribution in [3.8, 4) is 23.1 Å². The van der Waals surface area contributed by atoms with Crippen LogP contribution in [0.1, 0.15) is 15.9 Å². The van der Waals surface area contributed by atoms with Crippen LogP contribution in [0, 0.1) is 0 Å². The second kappa shape index (κ2) is 9.49. The summed E-state index contributed by atoms with van der Waals surface area (Å²) in [6, 6.07) is 3.47. The van der Waals surface area contributed by atoms with Gasteiger partial charge < -0.3 is 29.6 Å². The van der Waals surface area contributed by atoms with E-state index >= 15 is 0 Å². The maximum Gasteiger partial charge on any atom is 0.258 e. The Morgan fingerprint density at radius 2 is 1.64 bits per heavy atom. The number of nitrogens with one attached hydrogen (secondary N) is 2. The van der Waals surface area contributed by atoms with E-state index in [1.54, 1.807) is 19.2 Å². The maximum atomic E-state index is 12.2. The first-order chi connectivity index (χ1) is 13.4. The minimum absolute atomic E-state index is 0.192. The quantitative estimate of drug-likeness (QED) is 0.639. The zero-order valence-corrected chi connectivity index (χ0v) is 16.5. The van der Waals surface area contributed by atoms with Gasteiger partial charge in [-0.2, -0.15) is 0 Å². The smallest absolute Gasteiger partial charge is 0.258 e. The third-order valence-electron chi connectivity index (χ3n) is 3.86. The zero-order valence-electron chi connectivity index (χ0n) is 16.5. The maximum absolute atomic E-state index is 12.2. The van der Waals surface area contributed by atoms with Crippen molar-refractivity contribution in [1.29, 1.82) is 0 Å². The Labute approximate surface area is 162 Å². The van der Waals surface area contributed by atoms with Crippen molar-refractivity contribution in [3.05, 3.63) is 29.5 Å². The largest absolute Gasteiger partial charge is 0.493 e. The van der Waals surface area contributed by atoms with Gasteiger partial charge in [0, 0.05) is 19.8 Å². The van der Waals surface area contributed by atoms with Crippen molar-refractivity contribution in [2.24, 2.45) is 7.05 Å². The van der Waals surface area contributed by atoms with Gasteiger partial charge in [0.2, 0.25) is 17.5 Å². The Morgan fingerprint density at radius 1 is 1.00 bits per heavy atom. The number of carbonyl (C=O) groups excluding carboxylic acids is 2. The number of nitrogens with zero attached hydrogens (tertiary/aromatic N) is 2. The monoisotopic (exact) mass is 392 g/mol. The fraction of sp³-hybridized carbons (Fsp3) is 0.389. The van der Waals surface area contributed by atoms with Gasteiger partial charge in [-0.25, -0.2) is 0 Å². The molecule has 152 valence electrons. The molecule has 0 spiro atoms. The molecule has 0 fully saturated rings. The SMILES string of the molecule is COc1cc(CNC(=O)CNC(=O)c2cn(C)nc2OC)cc(OC)c1OC. The molecule has 1 heterocycles. The van der Waals surface area contributed by atoms with Crippen LogP contribution in [0.25, 0.3) is 0 Å². The lowest BCUT2D eigenvalue weighted by molar-refractivity contribution is -0.120. The molecule has 28 heavy (non-hydrogen) atoms. The van der Waals surface area contributed by atoms with Gasteiger partial charge in [0.25, 0.3) is 5.91 Å². The van der Waals surface area contributed by atoms with Crippen LogP contribution in [-0.2, 0) is 18.4 Å². The van der Waals surface area contributed by atoms with Gasteiger partial charge in [-0.05, 0) is 17.7 Å². The number of rotatable bonds is 9. The number of ether oxygens (including phenoxy) is 4. The number of aryl methyl sites for hydroxylation is 1. The second-order valence-corrected chi connectivity index (χ2v) is 5.72. The number of benzene rings is 1. The van der Waals surface area contributed by atoms with E-state index in [1.807, 2.05) is 0 Å². The van der Waals surface area contributed by atoms with Gasteiger partial charge in [-0.1, -0.05) is 0 Å². The highest BCUT2D eigenvalue weighted by atomic mass is 16.5. The van der Waals surface area contributed by atoms with E-state index in [-0.39, 0.29) is 30.4 Å². The van der Waals surface area contributed by atoms with E-state index < -0.39 is 5.91 Å². The van der Waals surface area contributed by atoms with Crippen molar-refractivity contribution < 1.29 is 28.5 Å². The van der Waals surface area contributed by atoms with Crippen LogP contribution in [-0.4, -0.2) is 56.6 Å². The molecule has 2 aromatic rings. The topological polar surface area (TPSA) is 113 Å². The van der Waals surface area contributed by atoms with Gasteiger partial charge in [-0.3, -0.25) is 14.3 Å². The van der Waals surface area contributed by atoms with Crippen LogP contribution in [0.2, 0.25) is 0 Å². The lowest BCUT2D eigenvalue weighted by Crippen LogP contribution is -2.36. The van der Waals surface area contributed by atoms with Crippen LogP contribution in [0.15, 0.2) is 18.3 Å². The Bertz CT molecular complexity index is 824. The first kappa shape index (κ1) is 20.9. The minimum Gasteiger partial charge on any atom is -0.493 e. The van der Waals surface area contributed by atoms with E-state index in [2.05, 4.69) is 15.7 Å². The predicted octanol–water partition coefficient (Wildman–Crippen LogP) is 0.501. The molecule has 0 aliphatic rings. The third kappa shape index (κ3) is 4.84. The molecule has 0 aliphatic carbocycles. The summed E-state index contributed by atoms with van der Waals surface area (Å²) >= 11 is 0. The van der Waals surface area contributed by atoms with E-state index in [9.17, 15) is 9.59 Å². The highest BCUT2D eigenvalue weighted by molar-refractivity contribution is 5.98. The molecule has 1 aromatic heterocycles. The van der Waals surface area contributed by atoms with Gasteiger partial charge >= 0.3 is 0 Å². The number of amides is 2. The predicted molar refractivity (Wildman–Crippen MR) is 100 cm³/mol. The Balaban J connectivity index is 1.94. The molecule has 2 N–H and O–H groups in total. The highest BCUT2D eigenvalue weighted by Gasteiger charge is 2.17. The van der Waals surface area contributed by atoms with E-state index in [0.29, 0.717) is 17.2 Å². The normalized spacial score (nSPS) is 10.2. The first-order valence-electron chi connectivity index (χ1n) is 8.34. The summed E-state index contributed by atoms with van der Waals surface area (Å²) in [4.78, 5) is 24.3. The minimum atomic E-state index is -0.451.